The maximum absolute atomic E-state index is 12.4. The van der Waals surface area contributed by atoms with Gasteiger partial charge in [0.1, 0.15) is 0 Å². The second-order valence-electron chi connectivity index (χ2n) is 5.45. The molecule has 0 unspecified atom stereocenters. The monoisotopic (exact) mass is 363 g/mol. The number of rotatable bonds is 4. The van der Waals surface area contributed by atoms with E-state index in [1.807, 2.05) is 18.2 Å². The summed E-state index contributed by atoms with van der Waals surface area (Å²) in [5.74, 6) is -0.582. The molecule has 0 radical (unpaired) electrons. The van der Waals surface area contributed by atoms with Gasteiger partial charge in [-0.3, -0.25) is 9.89 Å². The van der Waals surface area contributed by atoms with E-state index >= 15 is 0 Å². The predicted molar refractivity (Wildman–Crippen MR) is 94.0 cm³/mol. The van der Waals surface area contributed by atoms with Gasteiger partial charge in [0.15, 0.2) is 15.5 Å². The molecule has 0 aliphatic rings. The number of carbonyl (C=O) groups is 1. The third-order valence-corrected chi connectivity index (χ3v) is 4.61. The van der Waals surface area contributed by atoms with Crippen molar-refractivity contribution in [3.05, 3.63) is 58.7 Å². The summed E-state index contributed by atoms with van der Waals surface area (Å²) < 4.78 is 22.9. The molecule has 0 fully saturated rings. The first-order chi connectivity index (χ1) is 11.3. The van der Waals surface area contributed by atoms with Crippen molar-refractivity contribution in [3.63, 3.8) is 0 Å². The number of halogens is 1. The summed E-state index contributed by atoms with van der Waals surface area (Å²) >= 11 is 6.02. The van der Waals surface area contributed by atoms with Gasteiger partial charge in [0.25, 0.3) is 5.91 Å². The summed E-state index contributed by atoms with van der Waals surface area (Å²) in [5, 5.41) is 10.6. The predicted octanol–water partition coefficient (Wildman–Crippen LogP) is 3.01. The Labute approximate surface area is 143 Å². The second-order valence-corrected chi connectivity index (χ2v) is 8.00. The Morgan fingerprint density at radius 2 is 2.00 bits per heavy atom. The number of fused-ring (bicyclic) bond motifs is 1. The van der Waals surface area contributed by atoms with Crippen LogP contribution in [-0.2, 0) is 15.6 Å². The lowest BCUT2D eigenvalue weighted by Crippen LogP contribution is -2.13. The SMILES string of the molecule is CS(=O)(=O)Cc1cc(NC(=O)c2n[nH]c3ccccc23)ccc1Cl. The first-order valence-corrected chi connectivity index (χ1v) is 9.48. The van der Waals surface area contributed by atoms with E-state index in [0.29, 0.717) is 21.7 Å². The fourth-order valence-corrected chi connectivity index (χ4v) is 3.44. The number of sulfone groups is 1. The average molecular weight is 364 g/mol. The van der Waals surface area contributed by atoms with Crippen molar-refractivity contribution in [3.8, 4) is 0 Å². The summed E-state index contributed by atoms with van der Waals surface area (Å²) in [7, 11) is -3.23. The number of nitrogens with zero attached hydrogens (tertiary/aromatic N) is 1. The van der Waals surface area contributed by atoms with Crippen LogP contribution in [0.2, 0.25) is 5.02 Å². The molecule has 0 aliphatic carbocycles. The molecule has 0 aliphatic heterocycles. The lowest BCUT2D eigenvalue weighted by molar-refractivity contribution is 0.102. The smallest absolute Gasteiger partial charge is 0.276 e. The summed E-state index contributed by atoms with van der Waals surface area (Å²) in [5.41, 5.74) is 1.92. The summed E-state index contributed by atoms with van der Waals surface area (Å²) in [6.07, 6.45) is 1.13. The number of aromatic amines is 1. The van der Waals surface area contributed by atoms with Gasteiger partial charge in [0.05, 0.1) is 11.3 Å². The Morgan fingerprint density at radius 1 is 1.25 bits per heavy atom. The van der Waals surface area contributed by atoms with Crippen molar-refractivity contribution in [1.29, 1.82) is 0 Å². The van der Waals surface area contributed by atoms with Crippen LogP contribution in [0.3, 0.4) is 0 Å². The maximum Gasteiger partial charge on any atom is 0.276 e. The van der Waals surface area contributed by atoms with E-state index in [1.54, 1.807) is 24.3 Å². The van der Waals surface area contributed by atoms with Gasteiger partial charge >= 0.3 is 0 Å². The van der Waals surface area contributed by atoms with Crippen LogP contribution < -0.4 is 5.32 Å². The highest BCUT2D eigenvalue weighted by atomic mass is 35.5. The molecule has 2 aromatic carbocycles. The number of aromatic nitrogens is 2. The Balaban J connectivity index is 1.88. The van der Waals surface area contributed by atoms with Crippen LogP contribution in [-0.4, -0.2) is 30.8 Å². The Morgan fingerprint density at radius 3 is 2.75 bits per heavy atom. The van der Waals surface area contributed by atoms with Crippen molar-refractivity contribution in [2.24, 2.45) is 0 Å². The average Bonchev–Trinajstić information content (AvgIpc) is 2.93. The molecular weight excluding hydrogens is 350 g/mol. The van der Waals surface area contributed by atoms with Gasteiger partial charge in [-0.05, 0) is 29.8 Å². The largest absolute Gasteiger partial charge is 0.321 e. The van der Waals surface area contributed by atoms with Crippen LogP contribution in [0.1, 0.15) is 16.1 Å². The molecule has 6 nitrogen and oxygen atoms in total. The van der Waals surface area contributed by atoms with Gasteiger partial charge in [-0.1, -0.05) is 29.8 Å². The quantitative estimate of drug-likeness (QED) is 0.745. The van der Waals surface area contributed by atoms with Crippen molar-refractivity contribution >= 4 is 43.9 Å². The van der Waals surface area contributed by atoms with Crippen molar-refractivity contribution < 1.29 is 13.2 Å². The minimum atomic E-state index is -3.23. The number of hydrogen-bond acceptors (Lipinski definition) is 4. The molecule has 3 aromatic rings. The van der Waals surface area contributed by atoms with Gasteiger partial charge in [-0.25, -0.2) is 8.42 Å². The van der Waals surface area contributed by atoms with Crippen molar-refractivity contribution in [2.45, 2.75) is 5.75 Å². The minimum absolute atomic E-state index is 0.194. The van der Waals surface area contributed by atoms with Crippen LogP contribution in [0.5, 0.6) is 0 Å². The standard InChI is InChI=1S/C16H14ClN3O3S/c1-24(22,23)9-10-8-11(6-7-13(10)17)18-16(21)15-12-4-2-3-5-14(12)19-20-15/h2-8H,9H2,1H3,(H,18,21)(H,19,20). The molecule has 0 saturated heterocycles. The molecule has 1 amide bonds. The molecule has 1 heterocycles. The maximum atomic E-state index is 12.4. The van der Waals surface area contributed by atoms with E-state index in [9.17, 15) is 13.2 Å². The number of carbonyl (C=O) groups excluding carboxylic acids is 1. The van der Waals surface area contributed by atoms with Crippen LogP contribution in [0.25, 0.3) is 10.9 Å². The molecule has 8 heteroatoms. The highest BCUT2D eigenvalue weighted by molar-refractivity contribution is 7.89. The molecular formula is C16H14ClN3O3S. The fraction of sp³-hybridized carbons (Fsp3) is 0.125. The zero-order chi connectivity index (χ0) is 17.3. The number of amides is 1. The molecule has 1 aromatic heterocycles. The van der Waals surface area contributed by atoms with Gasteiger partial charge in [-0.2, -0.15) is 5.10 Å². The zero-order valence-electron chi connectivity index (χ0n) is 12.7. The normalized spacial score (nSPS) is 11.6. The van der Waals surface area contributed by atoms with Crippen LogP contribution in [0.4, 0.5) is 5.69 Å². The molecule has 0 bridgehead atoms. The Hall–Kier alpha value is -2.38. The first-order valence-electron chi connectivity index (χ1n) is 7.04. The topological polar surface area (TPSA) is 91.9 Å². The molecule has 0 atom stereocenters. The van der Waals surface area contributed by atoms with Gasteiger partial charge in [0, 0.05) is 22.4 Å². The van der Waals surface area contributed by atoms with Crippen molar-refractivity contribution in [2.75, 3.05) is 11.6 Å². The lowest BCUT2D eigenvalue weighted by atomic mass is 10.2. The highest BCUT2D eigenvalue weighted by Gasteiger charge is 2.15. The lowest BCUT2D eigenvalue weighted by Gasteiger charge is -2.08. The summed E-state index contributed by atoms with van der Waals surface area (Å²) in [6.45, 7) is 0. The van der Waals surface area contributed by atoms with E-state index < -0.39 is 9.84 Å². The number of anilines is 1. The number of benzene rings is 2. The van der Waals surface area contributed by atoms with Crippen LogP contribution >= 0.6 is 11.6 Å². The van der Waals surface area contributed by atoms with Gasteiger partial charge in [0.2, 0.25) is 0 Å². The van der Waals surface area contributed by atoms with E-state index in [4.69, 9.17) is 11.6 Å². The molecule has 3 rings (SSSR count). The molecule has 124 valence electrons. The zero-order valence-corrected chi connectivity index (χ0v) is 14.3. The molecule has 0 spiro atoms. The first kappa shape index (κ1) is 16.5. The minimum Gasteiger partial charge on any atom is -0.321 e. The summed E-state index contributed by atoms with van der Waals surface area (Å²) in [6, 6.07) is 12.0. The Kier molecular flexibility index (Phi) is 4.29. The molecule has 2 N–H and O–H groups in total. The number of para-hydroxylation sites is 1. The highest BCUT2D eigenvalue weighted by Crippen LogP contribution is 2.23. The van der Waals surface area contributed by atoms with E-state index in [2.05, 4.69) is 15.5 Å². The third-order valence-electron chi connectivity index (χ3n) is 3.41. The molecule has 0 saturated carbocycles. The third kappa shape index (κ3) is 3.58. The van der Waals surface area contributed by atoms with E-state index in [1.165, 1.54) is 0 Å². The van der Waals surface area contributed by atoms with Crippen LogP contribution in [0, 0.1) is 0 Å². The Bertz CT molecular complexity index is 1030. The van der Waals surface area contributed by atoms with E-state index in [0.717, 1.165) is 11.8 Å². The second kappa shape index (κ2) is 6.26. The summed E-state index contributed by atoms with van der Waals surface area (Å²) in [4.78, 5) is 12.4. The number of hydrogen-bond donors (Lipinski definition) is 2. The van der Waals surface area contributed by atoms with Gasteiger partial charge in [-0.15, -0.1) is 0 Å². The van der Waals surface area contributed by atoms with Crippen molar-refractivity contribution in [1.82, 2.24) is 10.2 Å². The molecule has 24 heavy (non-hydrogen) atoms. The number of H-pyrrole nitrogens is 1. The van der Waals surface area contributed by atoms with E-state index in [-0.39, 0.29) is 17.4 Å². The van der Waals surface area contributed by atoms with Gasteiger partial charge < -0.3 is 5.32 Å². The number of nitrogens with one attached hydrogen (secondary N) is 2. The van der Waals surface area contributed by atoms with Crippen LogP contribution in [0.15, 0.2) is 42.5 Å². The fourth-order valence-electron chi connectivity index (χ4n) is 2.37.